The van der Waals surface area contributed by atoms with Crippen LogP contribution in [0.3, 0.4) is 0 Å². The molecule has 0 saturated carbocycles. The molecule has 0 aliphatic carbocycles. The van der Waals surface area contributed by atoms with E-state index >= 15 is 0 Å². The molecule has 1 aliphatic heterocycles. The minimum atomic E-state index is -0.769. The van der Waals surface area contributed by atoms with Gasteiger partial charge in [-0.1, -0.05) is 45.0 Å². The van der Waals surface area contributed by atoms with Crippen LogP contribution in [0.5, 0.6) is 0 Å². The van der Waals surface area contributed by atoms with E-state index in [0.29, 0.717) is 26.3 Å². The van der Waals surface area contributed by atoms with Crippen molar-refractivity contribution >= 4 is 18.0 Å². The highest BCUT2D eigenvalue weighted by molar-refractivity contribution is 6.35. The van der Waals surface area contributed by atoms with E-state index < -0.39 is 11.8 Å². The molecule has 1 saturated heterocycles. The lowest BCUT2D eigenvalue weighted by Gasteiger charge is -2.26. The fourth-order valence-corrected chi connectivity index (χ4v) is 2.52. The Balaban J connectivity index is 1.71. The van der Waals surface area contributed by atoms with Gasteiger partial charge in [0.1, 0.15) is 0 Å². The third-order valence-corrected chi connectivity index (χ3v) is 4.18. The maximum atomic E-state index is 11.7. The van der Waals surface area contributed by atoms with Crippen LogP contribution in [-0.2, 0) is 19.7 Å². The predicted molar refractivity (Wildman–Crippen MR) is 101 cm³/mol. The largest absolute Gasteiger partial charge is 0.379 e. The number of carbonyl (C=O) groups excluding carboxylic acids is 2. The van der Waals surface area contributed by atoms with Crippen LogP contribution in [0.2, 0.25) is 0 Å². The first-order valence-corrected chi connectivity index (χ1v) is 8.88. The van der Waals surface area contributed by atoms with Gasteiger partial charge in [-0.15, -0.1) is 0 Å². The summed E-state index contributed by atoms with van der Waals surface area (Å²) in [5.41, 5.74) is 4.41. The molecular weight excluding hydrogens is 332 g/mol. The Morgan fingerprint density at radius 1 is 1.15 bits per heavy atom. The van der Waals surface area contributed by atoms with Gasteiger partial charge in [-0.3, -0.25) is 14.5 Å². The Morgan fingerprint density at radius 3 is 2.42 bits per heavy atom. The van der Waals surface area contributed by atoms with Crippen molar-refractivity contribution in [2.24, 2.45) is 5.10 Å². The number of ether oxygens (including phenoxy) is 1. The molecule has 26 heavy (non-hydrogen) atoms. The predicted octanol–water partition coefficient (Wildman–Crippen LogP) is 0.883. The van der Waals surface area contributed by atoms with Gasteiger partial charge in [-0.25, -0.2) is 5.43 Å². The van der Waals surface area contributed by atoms with Gasteiger partial charge in [-0.05, 0) is 16.5 Å². The zero-order chi connectivity index (χ0) is 19.0. The van der Waals surface area contributed by atoms with Gasteiger partial charge in [0.2, 0.25) is 0 Å². The summed E-state index contributed by atoms with van der Waals surface area (Å²) in [6.45, 7) is 10.7. The van der Waals surface area contributed by atoms with E-state index in [0.717, 1.165) is 18.7 Å². The second kappa shape index (κ2) is 9.45. The first kappa shape index (κ1) is 20.1. The number of nitrogens with one attached hydrogen (secondary N) is 2. The SMILES string of the molecule is CC(C)(C)c1ccc(/C=N\NC(=O)C(=O)NCCN2CCOCC2)cc1. The summed E-state index contributed by atoms with van der Waals surface area (Å²) in [5.74, 6) is -1.45. The van der Waals surface area contributed by atoms with Crippen LogP contribution in [0, 0.1) is 0 Å². The van der Waals surface area contributed by atoms with E-state index in [4.69, 9.17) is 4.74 Å². The highest BCUT2D eigenvalue weighted by Gasteiger charge is 2.14. The van der Waals surface area contributed by atoms with Crippen molar-refractivity contribution in [3.05, 3.63) is 35.4 Å². The topological polar surface area (TPSA) is 83.0 Å². The van der Waals surface area contributed by atoms with Crippen molar-refractivity contribution in [3.8, 4) is 0 Å². The molecule has 2 rings (SSSR count). The minimum Gasteiger partial charge on any atom is -0.379 e. The number of carbonyl (C=O) groups is 2. The Hall–Kier alpha value is -2.25. The number of morpholine rings is 1. The zero-order valence-electron chi connectivity index (χ0n) is 15.7. The van der Waals surface area contributed by atoms with E-state index in [-0.39, 0.29) is 5.41 Å². The monoisotopic (exact) mass is 360 g/mol. The third-order valence-electron chi connectivity index (χ3n) is 4.18. The first-order chi connectivity index (χ1) is 12.4. The van der Waals surface area contributed by atoms with Crippen LogP contribution in [0.25, 0.3) is 0 Å². The molecule has 0 radical (unpaired) electrons. The van der Waals surface area contributed by atoms with Crippen molar-refractivity contribution in [3.63, 3.8) is 0 Å². The van der Waals surface area contributed by atoms with Crippen molar-refractivity contribution in [1.82, 2.24) is 15.6 Å². The molecule has 0 atom stereocenters. The summed E-state index contributed by atoms with van der Waals surface area (Å²) in [7, 11) is 0. The number of hydrazone groups is 1. The van der Waals surface area contributed by atoms with Crippen LogP contribution in [0.4, 0.5) is 0 Å². The molecule has 0 unspecified atom stereocenters. The molecule has 1 aromatic carbocycles. The normalized spacial score (nSPS) is 15.8. The number of amides is 2. The molecule has 1 heterocycles. The maximum Gasteiger partial charge on any atom is 0.329 e. The molecular formula is C19H28N4O3. The van der Waals surface area contributed by atoms with Crippen LogP contribution in [0.1, 0.15) is 31.9 Å². The lowest BCUT2D eigenvalue weighted by Crippen LogP contribution is -2.44. The van der Waals surface area contributed by atoms with Crippen LogP contribution in [-0.4, -0.2) is 62.3 Å². The van der Waals surface area contributed by atoms with Gasteiger partial charge in [0.15, 0.2) is 0 Å². The van der Waals surface area contributed by atoms with Crippen molar-refractivity contribution in [2.45, 2.75) is 26.2 Å². The number of hydrogen-bond acceptors (Lipinski definition) is 5. The lowest BCUT2D eigenvalue weighted by molar-refractivity contribution is -0.139. The molecule has 142 valence electrons. The van der Waals surface area contributed by atoms with Gasteiger partial charge in [0.25, 0.3) is 0 Å². The molecule has 1 aromatic rings. The zero-order valence-corrected chi connectivity index (χ0v) is 15.7. The molecule has 0 bridgehead atoms. The summed E-state index contributed by atoms with van der Waals surface area (Å²) < 4.78 is 5.26. The van der Waals surface area contributed by atoms with Crippen molar-refractivity contribution < 1.29 is 14.3 Å². The number of rotatable bonds is 5. The second-order valence-corrected chi connectivity index (χ2v) is 7.28. The Kier molecular flexibility index (Phi) is 7.29. The number of benzene rings is 1. The summed E-state index contributed by atoms with van der Waals surface area (Å²) >= 11 is 0. The van der Waals surface area contributed by atoms with E-state index in [1.165, 1.54) is 11.8 Å². The summed E-state index contributed by atoms with van der Waals surface area (Å²) in [5, 5.41) is 6.44. The summed E-state index contributed by atoms with van der Waals surface area (Å²) in [4.78, 5) is 25.7. The quantitative estimate of drug-likeness (QED) is 0.464. The van der Waals surface area contributed by atoms with Gasteiger partial charge in [-0.2, -0.15) is 5.10 Å². The molecule has 7 heteroatoms. The minimum absolute atomic E-state index is 0.0865. The number of hydrogen-bond donors (Lipinski definition) is 2. The Bertz CT molecular complexity index is 629. The fraction of sp³-hybridized carbons (Fsp3) is 0.526. The third kappa shape index (κ3) is 6.57. The van der Waals surface area contributed by atoms with Crippen LogP contribution >= 0.6 is 0 Å². The molecule has 0 spiro atoms. The smallest absolute Gasteiger partial charge is 0.329 e. The van der Waals surface area contributed by atoms with Gasteiger partial charge in [0.05, 0.1) is 19.4 Å². The van der Waals surface area contributed by atoms with Gasteiger partial charge < -0.3 is 10.1 Å². The Morgan fingerprint density at radius 2 is 1.81 bits per heavy atom. The molecule has 7 nitrogen and oxygen atoms in total. The van der Waals surface area contributed by atoms with Crippen LogP contribution < -0.4 is 10.7 Å². The van der Waals surface area contributed by atoms with Crippen molar-refractivity contribution in [2.75, 3.05) is 39.4 Å². The average molecular weight is 360 g/mol. The molecule has 2 amide bonds. The highest BCUT2D eigenvalue weighted by atomic mass is 16.5. The summed E-state index contributed by atoms with van der Waals surface area (Å²) in [6, 6.07) is 7.92. The highest BCUT2D eigenvalue weighted by Crippen LogP contribution is 2.21. The molecule has 2 N–H and O–H groups in total. The Labute approximate surface area is 154 Å². The second-order valence-electron chi connectivity index (χ2n) is 7.28. The lowest BCUT2D eigenvalue weighted by atomic mass is 9.87. The number of nitrogens with zero attached hydrogens (tertiary/aromatic N) is 2. The van der Waals surface area contributed by atoms with E-state index in [2.05, 4.69) is 41.5 Å². The van der Waals surface area contributed by atoms with Gasteiger partial charge >= 0.3 is 11.8 Å². The summed E-state index contributed by atoms with van der Waals surface area (Å²) in [6.07, 6.45) is 1.52. The maximum absolute atomic E-state index is 11.7. The van der Waals surface area contributed by atoms with Crippen LogP contribution in [0.15, 0.2) is 29.4 Å². The van der Waals surface area contributed by atoms with Gasteiger partial charge in [0, 0.05) is 26.2 Å². The van der Waals surface area contributed by atoms with E-state index in [1.807, 2.05) is 24.3 Å². The van der Waals surface area contributed by atoms with E-state index in [1.54, 1.807) is 0 Å². The molecule has 1 fully saturated rings. The first-order valence-electron chi connectivity index (χ1n) is 8.88. The van der Waals surface area contributed by atoms with Crippen molar-refractivity contribution in [1.29, 1.82) is 0 Å². The molecule has 0 aromatic heterocycles. The molecule has 1 aliphatic rings. The van der Waals surface area contributed by atoms with E-state index in [9.17, 15) is 9.59 Å². The fourth-order valence-electron chi connectivity index (χ4n) is 2.52. The standard InChI is InChI=1S/C19H28N4O3/c1-19(2,3)16-6-4-15(5-7-16)14-21-22-18(25)17(24)20-8-9-23-10-12-26-13-11-23/h4-7,14H,8-13H2,1-3H3,(H,20,24)(H,22,25)/b21-14-. The average Bonchev–Trinajstić information content (AvgIpc) is 2.62.